The van der Waals surface area contributed by atoms with Crippen LogP contribution in [-0.2, 0) is 10.0 Å². The number of sulfonamides is 1. The first kappa shape index (κ1) is 19.0. The number of rotatable bonds is 9. The van der Waals surface area contributed by atoms with Crippen LogP contribution >= 0.6 is 0 Å². The summed E-state index contributed by atoms with van der Waals surface area (Å²) in [5, 5.41) is 3.24. The van der Waals surface area contributed by atoms with Crippen LogP contribution in [0.15, 0.2) is 23.1 Å². The van der Waals surface area contributed by atoms with Crippen molar-refractivity contribution in [2.45, 2.75) is 44.6 Å². The Hall–Kier alpha value is -1.31. The maximum Gasteiger partial charge on any atom is 0.243 e. The molecule has 0 radical (unpaired) electrons. The van der Waals surface area contributed by atoms with Gasteiger partial charge in [0, 0.05) is 25.2 Å². The van der Waals surface area contributed by atoms with Gasteiger partial charge in [-0.05, 0) is 45.4 Å². The molecule has 1 fully saturated rings. The van der Waals surface area contributed by atoms with E-state index >= 15 is 0 Å². The van der Waals surface area contributed by atoms with Crippen LogP contribution in [0.2, 0.25) is 0 Å². The molecule has 1 unspecified atom stereocenters. The fourth-order valence-electron chi connectivity index (χ4n) is 2.93. The highest BCUT2D eigenvalue weighted by Crippen LogP contribution is 2.32. The third kappa shape index (κ3) is 4.20. The van der Waals surface area contributed by atoms with E-state index in [-0.39, 0.29) is 10.9 Å². The van der Waals surface area contributed by atoms with Gasteiger partial charge in [0.15, 0.2) is 11.5 Å². The molecule has 0 aliphatic carbocycles. The highest BCUT2D eigenvalue weighted by atomic mass is 32.2. The minimum absolute atomic E-state index is 0.0112. The molecule has 1 aromatic rings. The molecular formula is C17H28N2O4S. The van der Waals surface area contributed by atoms with Gasteiger partial charge < -0.3 is 14.8 Å². The monoisotopic (exact) mass is 356 g/mol. The van der Waals surface area contributed by atoms with E-state index in [4.69, 9.17) is 9.47 Å². The van der Waals surface area contributed by atoms with Crippen LogP contribution in [0.1, 0.15) is 33.6 Å². The van der Waals surface area contributed by atoms with Crippen LogP contribution in [-0.4, -0.2) is 51.6 Å². The minimum Gasteiger partial charge on any atom is -0.490 e. The molecule has 0 spiro atoms. The summed E-state index contributed by atoms with van der Waals surface area (Å²) >= 11 is 0. The van der Waals surface area contributed by atoms with E-state index in [2.05, 4.69) is 5.32 Å². The second-order valence-corrected chi connectivity index (χ2v) is 7.63. The normalized spacial score (nSPS) is 18.1. The van der Waals surface area contributed by atoms with Gasteiger partial charge in [-0.2, -0.15) is 4.31 Å². The Balaban J connectivity index is 2.37. The highest BCUT2D eigenvalue weighted by Gasteiger charge is 2.33. The maximum atomic E-state index is 13.1. The zero-order valence-electron chi connectivity index (χ0n) is 14.7. The molecule has 1 atom stereocenters. The van der Waals surface area contributed by atoms with Crippen molar-refractivity contribution >= 4 is 10.0 Å². The average molecular weight is 356 g/mol. The average Bonchev–Trinajstić information content (AvgIpc) is 3.08. The van der Waals surface area contributed by atoms with Gasteiger partial charge in [-0.25, -0.2) is 8.42 Å². The van der Waals surface area contributed by atoms with E-state index < -0.39 is 10.0 Å². The first-order valence-electron chi connectivity index (χ1n) is 8.66. The molecule has 24 heavy (non-hydrogen) atoms. The Morgan fingerprint density at radius 3 is 2.46 bits per heavy atom. The lowest BCUT2D eigenvalue weighted by atomic mass is 10.2. The van der Waals surface area contributed by atoms with Gasteiger partial charge >= 0.3 is 0 Å². The van der Waals surface area contributed by atoms with E-state index in [1.54, 1.807) is 22.5 Å². The van der Waals surface area contributed by atoms with Gasteiger partial charge in [0.2, 0.25) is 10.0 Å². The number of hydrogen-bond donors (Lipinski definition) is 1. The lowest BCUT2D eigenvalue weighted by Crippen LogP contribution is -2.42. The number of ether oxygens (including phenoxy) is 2. The maximum absolute atomic E-state index is 13.1. The molecule has 1 aliphatic heterocycles. The van der Waals surface area contributed by atoms with Gasteiger partial charge in [0.1, 0.15) is 0 Å². The van der Waals surface area contributed by atoms with Crippen molar-refractivity contribution in [1.29, 1.82) is 0 Å². The number of hydrogen-bond acceptors (Lipinski definition) is 5. The van der Waals surface area contributed by atoms with E-state index in [0.717, 1.165) is 19.4 Å². The molecule has 6 nitrogen and oxygen atoms in total. The summed E-state index contributed by atoms with van der Waals surface area (Å²) in [6.45, 7) is 8.78. The molecule has 0 bridgehead atoms. The summed E-state index contributed by atoms with van der Waals surface area (Å²) < 4.78 is 39.0. The zero-order valence-corrected chi connectivity index (χ0v) is 15.6. The van der Waals surface area contributed by atoms with Crippen molar-refractivity contribution in [2.75, 3.05) is 32.8 Å². The molecule has 0 saturated carbocycles. The Labute approximate surface area is 145 Å². The van der Waals surface area contributed by atoms with Crippen LogP contribution in [0, 0.1) is 0 Å². The van der Waals surface area contributed by atoms with Crippen LogP contribution in [0.4, 0.5) is 0 Å². The first-order valence-corrected chi connectivity index (χ1v) is 10.1. The minimum atomic E-state index is -3.56. The third-order valence-electron chi connectivity index (χ3n) is 4.01. The molecule has 1 saturated heterocycles. The molecular weight excluding hydrogens is 328 g/mol. The Morgan fingerprint density at radius 2 is 1.88 bits per heavy atom. The SMILES string of the molecule is CCCN(C1CCNC1)S(=O)(=O)c1ccc(OCC)c(OCC)c1. The number of nitrogens with one attached hydrogen (secondary N) is 1. The molecule has 2 rings (SSSR count). The van der Waals surface area contributed by atoms with Crippen molar-refractivity contribution in [3.8, 4) is 11.5 Å². The van der Waals surface area contributed by atoms with Crippen LogP contribution in [0.5, 0.6) is 11.5 Å². The smallest absolute Gasteiger partial charge is 0.243 e. The molecule has 1 N–H and O–H groups in total. The van der Waals surface area contributed by atoms with Gasteiger partial charge in [-0.15, -0.1) is 0 Å². The van der Waals surface area contributed by atoms with Crippen molar-refractivity contribution in [3.63, 3.8) is 0 Å². The second kappa shape index (κ2) is 8.69. The summed E-state index contributed by atoms with van der Waals surface area (Å²) in [5.74, 6) is 1.05. The van der Waals surface area contributed by atoms with Crippen LogP contribution in [0.25, 0.3) is 0 Å². The van der Waals surface area contributed by atoms with E-state index in [0.29, 0.717) is 37.8 Å². The molecule has 1 aliphatic rings. The molecule has 1 aromatic carbocycles. The summed E-state index contributed by atoms with van der Waals surface area (Å²) in [5.41, 5.74) is 0. The fraction of sp³-hybridized carbons (Fsp3) is 0.647. The topological polar surface area (TPSA) is 67.9 Å². The summed E-state index contributed by atoms with van der Waals surface area (Å²) in [6.07, 6.45) is 1.62. The van der Waals surface area contributed by atoms with Crippen LogP contribution < -0.4 is 14.8 Å². The highest BCUT2D eigenvalue weighted by molar-refractivity contribution is 7.89. The van der Waals surface area contributed by atoms with Crippen LogP contribution in [0.3, 0.4) is 0 Å². The fourth-order valence-corrected chi connectivity index (χ4v) is 4.69. The van der Waals surface area contributed by atoms with Gasteiger partial charge in [0.05, 0.1) is 18.1 Å². The van der Waals surface area contributed by atoms with Gasteiger partial charge in [-0.3, -0.25) is 0 Å². The molecule has 1 heterocycles. The van der Waals surface area contributed by atoms with Crippen molar-refractivity contribution in [3.05, 3.63) is 18.2 Å². The van der Waals surface area contributed by atoms with E-state index in [1.165, 1.54) is 0 Å². The lowest BCUT2D eigenvalue weighted by Gasteiger charge is -2.27. The van der Waals surface area contributed by atoms with Gasteiger partial charge in [-0.1, -0.05) is 6.92 Å². The molecule has 0 amide bonds. The quantitative estimate of drug-likeness (QED) is 0.735. The Bertz CT molecular complexity index is 627. The summed E-state index contributed by atoms with van der Waals surface area (Å²) in [4.78, 5) is 0.259. The van der Waals surface area contributed by atoms with E-state index in [9.17, 15) is 8.42 Å². The van der Waals surface area contributed by atoms with Crippen molar-refractivity contribution in [2.24, 2.45) is 0 Å². The predicted octanol–water partition coefficient (Wildman–Crippen LogP) is 2.25. The van der Waals surface area contributed by atoms with Crippen molar-refractivity contribution in [1.82, 2.24) is 9.62 Å². The van der Waals surface area contributed by atoms with E-state index in [1.807, 2.05) is 20.8 Å². The Kier molecular flexibility index (Phi) is 6.89. The lowest BCUT2D eigenvalue weighted by molar-refractivity contribution is 0.286. The van der Waals surface area contributed by atoms with Gasteiger partial charge in [0.25, 0.3) is 0 Å². The zero-order chi connectivity index (χ0) is 17.6. The largest absolute Gasteiger partial charge is 0.490 e. The number of benzene rings is 1. The molecule has 7 heteroatoms. The summed E-state index contributed by atoms with van der Waals surface area (Å²) in [7, 11) is -3.56. The molecule has 0 aromatic heterocycles. The Morgan fingerprint density at radius 1 is 1.17 bits per heavy atom. The molecule has 136 valence electrons. The summed E-state index contributed by atoms with van der Waals surface area (Å²) in [6, 6.07) is 4.87. The standard InChI is InChI=1S/C17H28N2O4S/c1-4-11-19(14-9-10-18-13-14)24(20,21)15-7-8-16(22-5-2)17(12-15)23-6-3/h7-8,12,14,18H,4-6,9-11,13H2,1-3H3. The number of nitrogens with zero attached hydrogens (tertiary/aromatic N) is 1. The first-order chi connectivity index (χ1) is 11.5. The third-order valence-corrected chi connectivity index (χ3v) is 5.95. The van der Waals surface area contributed by atoms with Crippen molar-refractivity contribution < 1.29 is 17.9 Å². The second-order valence-electron chi connectivity index (χ2n) is 5.74. The predicted molar refractivity (Wildman–Crippen MR) is 94.2 cm³/mol.